The molecule has 0 aliphatic heterocycles. The molecule has 20 heavy (non-hydrogen) atoms. The predicted octanol–water partition coefficient (Wildman–Crippen LogP) is 3.32. The van der Waals surface area contributed by atoms with Crippen molar-refractivity contribution in [3.63, 3.8) is 0 Å². The fraction of sp³-hybridized carbons (Fsp3) is 0.941. The van der Waals surface area contributed by atoms with Crippen LogP contribution in [0.25, 0.3) is 0 Å². The second-order valence-corrected chi connectivity index (χ2v) is 6.83. The molecule has 0 bridgehead atoms. The van der Waals surface area contributed by atoms with E-state index in [-0.39, 0.29) is 5.92 Å². The van der Waals surface area contributed by atoms with E-state index >= 15 is 0 Å². The Hall–Kier alpha value is -0.570. The highest BCUT2D eigenvalue weighted by Gasteiger charge is 2.35. The summed E-state index contributed by atoms with van der Waals surface area (Å²) >= 11 is 0. The number of nitrogens with two attached hydrogens (primary N) is 1. The van der Waals surface area contributed by atoms with Gasteiger partial charge >= 0.3 is 0 Å². The van der Waals surface area contributed by atoms with E-state index in [4.69, 9.17) is 5.73 Å². The molecule has 2 saturated carbocycles. The normalized spacial score (nSPS) is 28.3. The summed E-state index contributed by atoms with van der Waals surface area (Å²) in [6.07, 6.45) is 12.2. The molecule has 0 heterocycles. The molecule has 1 amide bonds. The molecule has 2 fully saturated rings. The van der Waals surface area contributed by atoms with E-state index in [1.165, 1.54) is 51.4 Å². The zero-order valence-corrected chi connectivity index (χ0v) is 13.2. The van der Waals surface area contributed by atoms with Crippen LogP contribution in [0.2, 0.25) is 0 Å². The maximum absolute atomic E-state index is 13.0. The first-order valence-electron chi connectivity index (χ1n) is 8.74. The highest BCUT2D eigenvalue weighted by atomic mass is 16.2. The van der Waals surface area contributed by atoms with E-state index in [2.05, 4.69) is 11.8 Å². The molecule has 0 aromatic rings. The van der Waals surface area contributed by atoms with Gasteiger partial charge in [-0.15, -0.1) is 0 Å². The van der Waals surface area contributed by atoms with Crippen LogP contribution in [0.15, 0.2) is 0 Å². The summed E-state index contributed by atoms with van der Waals surface area (Å²) in [5.41, 5.74) is 5.68. The Kier molecular flexibility index (Phi) is 6.34. The van der Waals surface area contributed by atoms with Crippen LogP contribution in [0.3, 0.4) is 0 Å². The molecule has 2 N–H and O–H groups in total. The highest BCUT2D eigenvalue weighted by molar-refractivity contribution is 5.79. The van der Waals surface area contributed by atoms with Gasteiger partial charge in [-0.05, 0) is 44.6 Å². The number of carbonyl (C=O) groups is 1. The third kappa shape index (κ3) is 3.97. The molecule has 2 aliphatic rings. The first-order valence-corrected chi connectivity index (χ1v) is 8.74. The Morgan fingerprint density at radius 1 is 1.05 bits per heavy atom. The largest absolute Gasteiger partial charge is 0.339 e. The fourth-order valence-electron chi connectivity index (χ4n) is 4.03. The molecule has 2 unspecified atom stereocenters. The van der Waals surface area contributed by atoms with E-state index in [0.29, 0.717) is 24.4 Å². The number of hydrogen-bond acceptors (Lipinski definition) is 2. The SMILES string of the molecule is CC1CCCC1C(=O)N(CCCN)C1CCCCCC1. The number of amides is 1. The number of carbonyl (C=O) groups excluding carboxylic acids is 1. The Labute approximate surface area is 124 Å². The van der Waals surface area contributed by atoms with Crippen molar-refractivity contribution in [2.24, 2.45) is 17.6 Å². The minimum atomic E-state index is 0.288. The quantitative estimate of drug-likeness (QED) is 0.785. The molecule has 0 aromatic heterocycles. The first-order chi connectivity index (χ1) is 9.74. The molecule has 0 radical (unpaired) electrons. The van der Waals surface area contributed by atoms with E-state index < -0.39 is 0 Å². The number of hydrogen-bond donors (Lipinski definition) is 1. The molecular formula is C17H32N2O. The maximum atomic E-state index is 13.0. The van der Waals surface area contributed by atoms with Gasteiger partial charge in [-0.2, -0.15) is 0 Å². The molecule has 3 heteroatoms. The average molecular weight is 280 g/mol. The van der Waals surface area contributed by atoms with Crippen LogP contribution in [0.5, 0.6) is 0 Å². The van der Waals surface area contributed by atoms with Crippen LogP contribution in [-0.2, 0) is 4.79 Å². The van der Waals surface area contributed by atoms with Crippen molar-refractivity contribution in [3.8, 4) is 0 Å². The van der Waals surface area contributed by atoms with Crippen LogP contribution in [0, 0.1) is 11.8 Å². The summed E-state index contributed by atoms with van der Waals surface area (Å²) in [6, 6.07) is 0.490. The second kappa shape index (κ2) is 8.02. The van der Waals surface area contributed by atoms with Crippen LogP contribution in [0.1, 0.15) is 71.1 Å². The van der Waals surface area contributed by atoms with Crippen molar-refractivity contribution in [1.82, 2.24) is 4.90 Å². The van der Waals surface area contributed by atoms with Gasteiger partial charge in [0.1, 0.15) is 0 Å². The van der Waals surface area contributed by atoms with Gasteiger partial charge in [-0.1, -0.05) is 39.0 Å². The van der Waals surface area contributed by atoms with Gasteiger partial charge in [0, 0.05) is 18.5 Å². The molecule has 2 atom stereocenters. The van der Waals surface area contributed by atoms with Crippen molar-refractivity contribution in [2.75, 3.05) is 13.1 Å². The Morgan fingerprint density at radius 3 is 2.30 bits per heavy atom. The summed E-state index contributed by atoms with van der Waals surface area (Å²) in [5, 5.41) is 0. The summed E-state index contributed by atoms with van der Waals surface area (Å²) in [7, 11) is 0. The van der Waals surface area contributed by atoms with Gasteiger partial charge in [0.15, 0.2) is 0 Å². The maximum Gasteiger partial charge on any atom is 0.226 e. The number of rotatable bonds is 5. The number of nitrogens with zero attached hydrogens (tertiary/aromatic N) is 1. The zero-order valence-electron chi connectivity index (χ0n) is 13.2. The van der Waals surface area contributed by atoms with Gasteiger partial charge in [-0.3, -0.25) is 4.79 Å². The average Bonchev–Trinajstić information content (AvgIpc) is 2.71. The monoisotopic (exact) mass is 280 g/mol. The highest BCUT2D eigenvalue weighted by Crippen LogP contribution is 2.34. The van der Waals surface area contributed by atoms with Crippen molar-refractivity contribution in [3.05, 3.63) is 0 Å². The van der Waals surface area contributed by atoms with E-state index in [0.717, 1.165) is 19.4 Å². The van der Waals surface area contributed by atoms with Gasteiger partial charge in [0.2, 0.25) is 5.91 Å². The van der Waals surface area contributed by atoms with E-state index in [1.807, 2.05) is 0 Å². The topological polar surface area (TPSA) is 46.3 Å². The summed E-state index contributed by atoms with van der Waals surface area (Å²) in [4.78, 5) is 15.2. The fourth-order valence-corrected chi connectivity index (χ4v) is 4.03. The Balaban J connectivity index is 2.02. The van der Waals surface area contributed by atoms with Crippen molar-refractivity contribution >= 4 is 5.91 Å². The third-order valence-electron chi connectivity index (χ3n) is 5.33. The lowest BCUT2D eigenvalue weighted by Gasteiger charge is -2.34. The van der Waals surface area contributed by atoms with Crippen LogP contribution >= 0.6 is 0 Å². The van der Waals surface area contributed by atoms with Gasteiger partial charge in [0.05, 0.1) is 0 Å². The van der Waals surface area contributed by atoms with E-state index in [9.17, 15) is 4.79 Å². The van der Waals surface area contributed by atoms with Crippen LogP contribution < -0.4 is 5.73 Å². The summed E-state index contributed by atoms with van der Waals surface area (Å²) < 4.78 is 0. The molecule has 0 saturated heterocycles. The smallest absolute Gasteiger partial charge is 0.226 e. The molecule has 0 aromatic carbocycles. The zero-order chi connectivity index (χ0) is 14.4. The molecular weight excluding hydrogens is 248 g/mol. The lowest BCUT2D eigenvalue weighted by molar-refractivity contribution is -0.139. The third-order valence-corrected chi connectivity index (χ3v) is 5.33. The van der Waals surface area contributed by atoms with Crippen LogP contribution in [0.4, 0.5) is 0 Å². The van der Waals surface area contributed by atoms with Gasteiger partial charge in [-0.25, -0.2) is 0 Å². The summed E-state index contributed by atoms with van der Waals surface area (Å²) in [5.74, 6) is 1.31. The van der Waals surface area contributed by atoms with Gasteiger partial charge < -0.3 is 10.6 Å². The van der Waals surface area contributed by atoms with Crippen molar-refractivity contribution < 1.29 is 4.79 Å². The minimum Gasteiger partial charge on any atom is -0.339 e. The standard InChI is InChI=1S/C17H32N2O/c1-14-8-6-11-16(14)17(20)19(13-7-12-18)15-9-4-2-3-5-10-15/h14-16H,2-13,18H2,1H3. The lowest BCUT2D eigenvalue weighted by atomic mass is 9.94. The first kappa shape index (κ1) is 15.8. The second-order valence-electron chi connectivity index (χ2n) is 6.83. The van der Waals surface area contributed by atoms with Crippen molar-refractivity contribution in [2.45, 2.75) is 77.2 Å². The van der Waals surface area contributed by atoms with Crippen molar-refractivity contribution in [1.29, 1.82) is 0 Å². The molecule has 0 spiro atoms. The van der Waals surface area contributed by atoms with Crippen LogP contribution in [-0.4, -0.2) is 29.9 Å². The molecule has 116 valence electrons. The molecule has 2 rings (SSSR count). The predicted molar refractivity (Wildman–Crippen MR) is 83.4 cm³/mol. The summed E-state index contributed by atoms with van der Waals surface area (Å²) in [6.45, 7) is 3.82. The Bertz CT molecular complexity index is 297. The van der Waals surface area contributed by atoms with Gasteiger partial charge in [0.25, 0.3) is 0 Å². The Morgan fingerprint density at radius 2 is 1.75 bits per heavy atom. The van der Waals surface area contributed by atoms with E-state index in [1.54, 1.807) is 0 Å². The molecule has 3 nitrogen and oxygen atoms in total. The lowest BCUT2D eigenvalue weighted by Crippen LogP contribution is -2.45. The minimum absolute atomic E-state index is 0.288. The molecule has 2 aliphatic carbocycles.